The van der Waals surface area contributed by atoms with Crippen LogP contribution in [0.4, 0.5) is 0 Å². The molecular weight excluding hydrogens is 362 g/mol. The first-order valence-corrected chi connectivity index (χ1v) is 9.77. The molecule has 0 saturated carbocycles. The van der Waals surface area contributed by atoms with Gasteiger partial charge < -0.3 is 9.88 Å². The third kappa shape index (κ3) is 3.66. The Hall–Kier alpha value is -3.41. The highest BCUT2D eigenvalue weighted by Crippen LogP contribution is 2.19. The maximum atomic E-state index is 12.7. The summed E-state index contributed by atoms with van der Waals surface area (Å²) in [5, 5.41) is 7.56. The smallest absolute Gasteiger partial charge is 0.251 e. The minimum atomic E-state index is -0.0912. The Labute approximate surface area is 170 Å². The summed E-state index contributed by atoms with van der Waals surface area (Å²) < 4.78 is 3.97. The van der Waals surface area contributed by atoms with Gasteiger partial charge in [0.2, 0.25) is 0 Å². The van der Waals surface area contributed by atoms with Crippen molar-refractivity contribution in [1.82, 2.24) is 24.6 Å². The number of para-hydroxylation sites is 2. The summed E-state index contributed by atoms with van der Waals surface area (Å²) in [5.41, 5.74) is 6.71. The number of hydrogen-bond donors (Lipinski definition) is 1. The monoisotopic (exact) mass is 387 g/mol. The van der Waals surface area contributed by atoms with Crippen LogP contribution in [0.5, 0.6) is 0 Å². The van der Waals surface area contributed by atoms with Crippen molar-refractivity contribution in [1.29, 1.82) is 0 Å². The van der Waals surface area contributed by atoms with E-state index in [1.165, 1.54) is 0 Å². The van der Waals surface area contributed by atoms with Gasteiger partial charge in [-0.1, -0.05) is 18.2 Å². The number of carbonyl (C=O) groups excluding carboxylic acids is 1. The van der Waals surface area contributed by atoms with E-state index >= 15 is 0 Å². The highest BCUT2D eigenvalue weighted by atomic mass is 16.1. The SMILES string of the molecule is Cc1cc(C)n(-c2cc(C(=O)NCCc3nc4ccccc4n3C)ccc2C)n1. The first-order chi connectivity index (χ1) is 13.9. The third-order valence-electron chi connectivity index (χ3n) is 5.22. The molecule has 0 spiro atoms. The van der Waals surface area contributed by atoms with Gasteiger partial charge >= 0.3 is 0 Å². The fraction of sp³-hybridized carbons (Fsp3) is 0.261. The van der Waals surface area contributed by atoms with Crippen LogP contribution in [-0.2, 0) is 13.5 Å². The first kappa shape index (κ1) is 18.9. The summed E-state index contributed by atoms with van der Waals surface area (Å²) in [6.07, 6.45) is 0.674. The van der Waals surface area contributed by atoms with Gasteiger partial charge in [-0.3, -0.25) is 4.79 Å². The molecule has 2 aromatic heterocycles. The number of fused-ring (bicyclic) bond motifs is 1. The molecule has 6 nitrogen and oxygen atoms in total. The van der Waals surface area contributed by atoms with Crippen LogP contribution < -0.4 is 5.32 Å². The molecule has 29 heavy (non-hydrogen) atoms. The van der Waals surface area contributed by atoms with Gasteiger partial charge in [0.1, 0.15) is 5.82 Å². The van der Waals surface area contributed by atoms with Crippen molar-refractivity contribution >= 4 is 16.9 Å². The first-order valence-electron chi connectivity index (χ1n) is 9.77. The predicted molar refractivity (Wildman–Crippen MR) is 115 cm³/mol. The lowest BCUT2D eigenvalue weighted by Gasteiger charge is -2.11. The van der Waals surface area contributed by atoms with Crippen LogP contribution >= 0.6 is 0 Å². The topological polar surface area (TPSA) is 64.7 Å². The number of aryl methyl sites for hydroxylation is 4. The Morgan fingerprint density at radius 3 is 2.59 bits per heavy atom. The number of nitrogens with zero attached hydrogens (tertiary/aromatic N) is 4. The van der Waals surface area contributed by atoms with E-state index in [-0.39, 0.29) is 5.91 Å². The second-order valence-electron chi connectivity index (χ2n) is 7.42. The summed E-state index contributed by atoms with van der Waals surface area (Å²) in [7, 11) is 2.01. The van der Waals surface area contributed by atoms with E-state index in [2.05, 4.69) is 26.0 Å². The van der Waals surface area contributed by atoms with Gasteiger partial charge in [-0.25, -0.2) is 9.67 Å². The molecule has 148 valence electrons. The molecular formula is C23H25N5O. The van der Waals surface area contributed by atoms with Crippen molar-refractivity contribution in [3.63, 3.8) is 0 Å². The molecule has 0 saturated heterocycles. The van der Waals surface area contributed by atoms with Gasteiger partial charge in [0.05, 0.1) is 22.4 Å². The Morgan fingerprint density at radius 2 is 1.86 bits per heavy atom. The van der Waals surface area contributed by atoms with Crippen molar-refractivity contribution < 1.29 is 4.79 Å². The number of imidazole rings is 1. The van der Waals surface area contributed by atoms with Gasteiger partial charge in [-0.05, 0) is 56.7 Å². The summed E-state index contributed by atoms with van der Waals surface area (Å²) in [5.74, 6) is 0.866. The lowest BCUT2D eigenvalue weighted by Crippen LogP contribution is -2.26. The largest absolute Gasteiger partial charge is 0.352 e. The highest BCUT2D eigenvalue weighted by Gasteiger charge is 2.12. The normalized spacial score (nSPS) is 11.2. The zero-order valence-corrected chi connectivity index (χ0v) is 17.2. The number of amides is 1. The second kappa shape index (κ2) is 7.54. The number of hydrogen-bond acceptors (Lipinski definition) is 3. The Morgan fingerprint density at radius 1 is 1.07 bits per heavy atom. The average molecular weight is 387 g/mol. The maximum Gasteiger partial charge on any atom is 0.251 e. The molecule has 6 heteroatoms. The van der Waals surface area contributed by atoms with Crippen molar-refractivity contribution in [3.8, 4) is 5.69 Å². The molecule has 2 heterocycles. The van der Waals surface area contributed by atoms with E-state index in [9.17, 15) is 4.79 Å². The molecule has 0 radical (unpaired) electrons. The van der Waals surface area contributed by atoms with Crippen LogP contribution in [0.15, 0.2) is 48.5 Å². The van der Waals surface area contributed by atoms with Gasteiger partial charge in [0, 0.05) is 31.3 Å². The van der Waals surface area contributed by atoms with E-state index < -0.39 is 0 Å². The lowest BCUT2D eigenvalue weighted by molar-refractivity contribution is 0.0954. The second-order valence-corrected chi connectivity index (χ2v) is 7.42. The van der Waals surface area contributed by atoms with E-state index in [1.54, 1.807) is 0 Å². The zero-order valence-electron chi connectivity index (χ0n) is 17.2. The van der Waals surface area contributed by atoms with Crippen LogP contribution in [0.2, 0.25) is 0 Å². The van der Waals surface area contributed by atoms with Crippen molar-refractivity contribution in [2.45, 2.75) is 27.2 Å². The highest BCUT2D eigenvalue weighted by molar-refractivity contribution is 5.94. The van der Waals surface area contributed by atoms with E-state index in [0.29, 0.717) is 18.5 Å². The molecule has 2 aromatic carbocycles. The Balaban J connectivity index is 1.48. The molecule has 0 fully saturated rings. The lowest BCUT2D eigenvalue weighted by atomic mass is 10.1. The number of rotatable bonds is 5. The molecule has 0 aliphatic carbocycles. The molecule has 0 aliphatic heterocycles. The van der Waals surface area contributed by atoms with E-state index in [4.69, 9.17) is 0 Å². The van der Waals surface area contributed by atoms with Gasteiger partial charge in [0.25, 0.3) is 5.91 Å². The molecule has 0 unspecified atom stereocenters. The zero-order chi connectivity index (χ0) is 20.5. The van der Waals surface area contributed by atoms with Gasteiger partial charge in [-0.2, -0.15) is 5.10 Å². The number of nitrogens with one attached hydrogen (secondary N) is 1. The standard InChI is InChI=1S/C23H25N5O/c1-15-9-10-18(14-21(15)28-17(3)13-16(2)26-28)23(29)24-12-11-22-25-19-7-5-6-8-20(19)27(22)4/h5-10,13-14H,11-12H2,1-4H3,(H,24,29). The molecule has 4 rings (SSSR count). The quantitative estimate of drug-likeness (QED) is 0.568. The van der Waals surface area contributed by atoms with E-state index in [0.717, 1.165) is 39.5 Å². The Kier molecular flexibility index (Phi) is 4.92. The number of aromatic nitrogens is 4. The van der Waals surface area contributed by atoms with Crippen LogP contribution in [0.25, 0.3) is 16.7 Å². The minimum absolute atomic E-state index is 0.0912. The number of benzene rings is 2. The maximum absolute atomic E-state index is 12.7. The fourth-order valence-corrected chi connectivity index (χ4v) is 3.66. The van der Waals surface area contributed by atoms with Gasteiger partial charge in [-0.15, -0.1) is 0 Å². The summed E-state index contributed by atoms with van der Waals surface area (Å²) in [6, 6.07) is 15.8. The summed E-state index contributed by atoms with van der Waals surface area (Å²) >= 11 is 0. The van der Waals surface area contributed by atoms with Gasteiger partial charge in [0.15, 0.2) is 0 Å². The average Bonchev–Trinajstić information content (AvgIpc) is 3.21. The molecule has 4 aromatic rings. The molecule has 0 bridgehead atoms. The third-order valence-corrected chi connectivity index (χ3v) is 5.22. The molecule has 0 atom stereocenters. The minimum Gasteiger partial charge on any atom is -0.352 e. The van der Waals surface area contributed by atoms with Crippen LogP contribution in [0.3, 0.4) is 0 Å². The Bertz CT molecular complexity index is 1200. The fourth-order valence-electron chi connectivity index (χ4n) is 3.66. The summed E-state index contributed by atoms with van der Waals surface area (Å²) in [4.78, 5) is 17.4. The van der Waals surface area contributed by atoms with Crippen molar-refractivity contribution in [2.24, 2.45) is 7.05 Å². The van der Waals surface area contributed by atoms with Crippen LogP contribution in [-0.4, -0.2) is 31.8 Å². The van der Waals surface area contributed by atoms with Crippen molar-refractivity contribution in [3.05, 3.63) is 76.9 Å². The van der Waals surface area contributed by atoms with E-state index in [1.807, 2.05) is 75.0 Å². The molecule has 1 N–H and O–H groups in total. The van der Waals surface area contributed by atoms with Crippen molar-refractivity contribution in [2.75, 3.05) is 6.54 Å². The van der Waals surface area contributed by atoms with Crippen LogP contribution in [0, 0.1) is 20.8 Å². The molecule has 1 amide bonds. The predicted octanol–water partition coefficient (Wildman–Crippen LogP) is 3.66. The number of carbonyl (C=O) groups is 1. The summed E-state index contributed by atoms with van der Waals surface area (Å²) in [6.45, 7) is 6.54. The van der Waals surface area contributed by atoms with Crippen LogP contribution in [0.1, 0.15) is 33.1 Å². The molecule has 0 aliphatic rings.